The Kier molecular flexibility index (Phi) is 22.3. The fourth-order valence-electron chi connectivity index (χ4n) is 2.81. The molecule has 0 aliphatic carbocycles. The van der Waals surface area contributed by atoms with Gasteiger partial charge in [0.1, 0.15) is 0 Å². The van der Waals surface area contributed by atoms with Gasteiger partial charge in [0.25, 0.3) is 0 Å². The molecule has 0 aromatic heterocycles. The van der Waals surface area contributed by atoms with Crippen LogP contribution in [0.25, 0.3) is 0 Å². The van der Waals surface area contributed by atoms with E-state index in [0.717, 1.165) is 12.8 Å². The molecule has 0 heterocycles. The van der Waals surface area contributed by atoms with Gasteiger partial charge in [0.2, 0.25) is 10.4 Å². The summed E-state index contributed by atoms with van der Waals surface area (Å²) in [6, 6.07) is 0. The zero-order valence-electron chi connectivity index (χ0n) is 15.4. The summed E-state index contributed by atoms with van der Waals surface area (Å²) >= 11 is 0. The summed E-state index contributed by atoms with van der Waals surface area (Å²) in [6.45, 7) is 2.29. The molecule has 0 saturated heterocycles. The van der Waals surface area contributed by atoms with E-state index in [1.165, 1.54) is 83.5 Å². The van der Waals surface area contributed by atoms with Gasteiger partial charge in [-0.1, -0.05) is 103 Å². The summed E-state index contributed by atoms with van der Waals surface area (Å²) in [7, 11) is -4.49. The average molecular weight is 457 g/mol. The summed E-state index contributed by atoms with van der Waals surface area (Å²) in [4.78, 5) is 0. The van der Waals surface area contributed by atoms with Crippen LogP contribution < -0.4 is 0 Å². The Morgan fingerprint density at radius 2 is 0.917 bits per heavy atom. The van der Waals surface area contributed by atoms with Gasteiger partial charge in [0.15, 0.2) is 0 Å². The third kappa shape index (κ3) is 24.9. The van der Waals surface area contributed by atoms with Gasteiger partial charge in [-0.3, -0.25) is 4.18 Å². The van der Waals surface area contributed by atoms with Gasteiger partial charge >= 0.3 is 22.4 Å². The van der Waals surface area contributed by atoms with Crippen LogP contribution >= 0.6 is 0 Å². The van der Waals surface area contributed by atoms with E-state index >= 15 is 0 Å². The van der Waals surface area contributed by atoms with Crippen LogP contribution in [0.3, 0.4) is 0 Å². The van der Waals surface area contributed by atoms with Gasteiger partial charge in [-0.2, -0.15) is 0 Å². The Hall–Kier alpha value is 0.610. The van der Waals surface area contributed by atoms with E-state index in [9.17, 15) is 13.0 Å². The molecule has 0 aliphatic rings. The van der Waals surface area contributed by atoms with Gasteiger partial charge in [-0.15, -0.1) is 0 Å². The molecule has 0 N–H and O–H groups in total. The molecule has 0 fully saturated rings. The minimum Gasteiger partial charge on any atom is -0.726 e. The van der Waals surface area contributed by atoms with Crippen molar-refractivity contribution in [3.63, 3.8) is 0 Å². The fourth-order valence-corrected chi connectivity index (χ4v) is 3.13. The van der Waals surface area contributed by atoms with Crippen LogP contribution in [0, 0.1) is 0 Å². The van der Waals surface area contributed by atoms with E-state index in [-0.39, 0.29) is 29.0 Å². The first-order chi connectivity index (χ1) is 11.1. The van der Waals surface area contributed by atoms with E-state index in [0.29, 0.717) is 6.42 Å². The van der Waals surface area contributed by atoms with Crippen molar-refractivity contribution in [1.29, 1.82) is 0 Å². The van der Waals surface area contributed by atoms with Crippen molar-refractivity contribution in [1.82, 2.24) is 0 Å². The zero-order valence-corrected chi connectivity index (χ0v) is 17.7. The third-order valence-corrected chi connectivity index (χ3v) is 4.68. The van der Waals surface area contributed by atoms with Crippen LogP contribution in [-0.4, -0.2) is 19.6 Å². The molecule has 0 radical (unpaired) electrons. The van der Waals surface area contributed by atoms with Gasteiger partial charge in [-0.25, -0.2) is 8.42 Å². The number of unbranched alkanes of at least 4 members (excludes halogenated alkanes) is 15. The average Bonchev–Trinajstić information content (AvgIpc) is 2.49. The Balaban J connectivity index is 0. The molecule has 0 rings (SSSR count). The predicted octanol–water partition coefficient (Wildman–Crippen LogP) is 5.72. The number of hydrogen-bond acceptors (Lipinski definition) is 4. The van der Waals surface area contributed by atoms with Crippen LogP contribution in [0.15, 0.2) is 0 Å². The Morgan fingerprint density at radius 1 is 0.625 bits per heavy atom. The molecule has 0 unspecified atom stereocenters. The topological polar surface area (TPSA) is 66.4 Å². The predicted molar refractivity (Wildman–Crippen MR) is 95.2 cm³/mol. The van der Waals surface area contributed by atoms with E-state index < -0.39 is 10.4 Å². The molecule has 0 aromatic carbocycles. The summed E-state index contributed by atoms with van der Waals surface area (Å²) < 4.78 is 34.8. The van der Waals surface area contributed by atoms with Crippen LogP contribution in [0.2, 0.25) is 0 Å². The Morgan fingerprint density at radius 3 is 1.21 bits per heavy atom. The third-order valence-electron chi connectivity index (χ3n) is 4.23. The molecule has 0 amide bonds. The molecule has 0 aliphatic heterocycles. The first kappa shape index (κ1) is 26.8. The zero-order chi connectivity index (χ0) is 17.2. The maximum atomic E-state index is 10.2. The van der Waals surface area contributed by atoms with Crippen LogP contribution in [0.5, 0.6) is 0 Å². The van der Waals surface area contributed by atoms with Gasteiger partial charge < -0.3 is 4.55 Å². The van der Waals surface area contributed by atoms with E-state index in [2.05, 4.69) is 11.1 Å². The van der Waals surface area contributed by atoms with Crippen molar-refractivity contribution in [3.05, 3.63) is 0 Å². The first-order valence-electron chi connectivity index (χ1n) is 9.66. The van der Waals surface area contributed by atoms with E-state index in [1.54, 1.807) is 0 Å². The largest absolute Gasteiger partial charge is 1.00 e. The molecule has 0 atom stereocenters. The monoisotopic (exact) mass is 456 g/mol. The second kappa shape index (κ2) is 19.9. The SMILES string of the molecule is CCCCCCCCCCCCCCCCCCOS(=O)(=O)[O-].[Ag+]. The second-order valence-corrected chi connectivity index (χ2v) is 7.59. The molecule has 0 bridgehead atoms. The minimum absolute atomic E-state index is 0. The Labute approximate surface area is 166 Å². The molecule has 4 nitrogen and oxygen atoms in total. The summed E-state index contributed by atoms with van der Waals surface area (Å²) in [5.74, 6) is 0. The summed E-state index contributed by atoms with van der Waals surface area (Å²) in [5, 5.41) is 0. The van der Waals surface area contributed by atoms with Crippen LogP contribution in [0.1, 0.15) is 110 Å². The molecule has 150 valence electrons. The van der Waals surface area contributed by atoms with Crippen LogP contribution in [0.4, 0.5) is 0 Å². The van der Waals surface area contributed by atoms with Crippen molar-refractivity contribution in [2.75, 3.05) is 6.61 Å². The van der Waals surface area contributed by atoms with E-state index in [1.807, 2.05) is 0 Å². The molecule has 24 heavy (non-hydrogen) atoms. The summed E-state index contributed by atoms with van der Waals surface area (Å²) in [5.41, 5.74) is 0. The smallest absolute Gasteiger partial charge is 0.726 e. The molecule has 0 saturated carbocycles. The maximum Gasteiger partial charge on any atom is 1.00 e. The van der Waals surface area contributed by atoms with Gasteiger partial charge in [-0.05, 0) is 6.42 Å². The minimum atomic E-state index is -4.49. The second-order valence-electron chi connectivity index (χ2n) is 6.53. The normalized spacial score (nSPS) is 11.4. The van der Waals surface area contributed by atoms with Crippen molar-refractivity contribution < 1.29 is 39.5 Å². The molecule has 6 heteroatoms. The van der Waals surface area contributed by atoms with E-state index in [4.69, 9.17) is 0 Å². The molecular formula is C18H37AgO4S. The molecule has 0 spiro atoms. The first-order valence-corrected chi connectivity index (χ1v) is 11.0. The van der Waals surface area contributed by atoms with Crippen molar-refractivity contribution in [3.8, 4) is 0 Å². The van der Waals surface area contributed by atoms with Crippen molar-refractivity contribution >= 4 is 10.4 Å². The Bertz CT molecular complexity index is 334. The van der Waals surface area contributed by atoms with Crippen molar-refractivity contribution in [2.24, 2.45) is 0 Å². The van der Waals surface area contributed by atoms with Gasteiger partial charge in [0.05, 0.1) is 6.61 Å². The standard InChI is InChI=1S/C18H38O4S.Ag/c1-2-3-4-5-6-7-8-9-10-11-12-13-14-15-16-17-18-22-23(19,20)21;/h2-18H2,1H3,(H,19,20,21);/q;+1/p-1. The molecule has 0 aromatic rings. The maximum absolute atomic E-state index is 10.2. The van der Waals surface area contributed by atoms with Crippen molar-refractivity contribution in [2.45, 2.75) is 110 Å². The number of rotatable bonds is 18. The quantitative estimate of drug-likeness (QED) is 0.114. The van der Waals surface area contributed by atoms with Crippen LogP contribution in [-0.2, 0) is 37.0 Å². The number of hydrogen-bond donors (Lipinski definition) is 0. The van der Waals surface area contributed by atoms with Gasteiger partial charge in [0, 0.05) is 0 Å². The fraction of sp³-hybridized carbons (Fsp3) is 1.00. The summed E-state index contributed by atoms with van der Waals surface area (Å²) in [6.07, 6.45) is 20.3. The molecular weight excluding hydrogens is 420 g/mol.